The standard InChI is InChI=1S/C12H20N4O2S/c1-16-6-4-9(5-7-16)15-10-2-3-12(11(13)8-10)19(14,17)18/h2-3,8-9,15H,4-7,13H2,1H3,(H2,14,17,18). The second-order valence-corrected chi connectivity index (χ2v) is 6.55. The molecule has 7 heteroatoms. The van der Waals surface area contributed by atoms with E-state index in [9.17, 15) is 8.42 Å². The van der Waals surface area contributed by atoms with Crippen molar-refractivity contribution in [2.45, 2.75) is 23.8 Å². The lowest BCUT2D eigenvalue weighted by Gasteiger charge is -2.30. The average Bonchev–Trinajstić information content (AvgIpc) is 2.30. The number of piperidine rings is 1. The van der Waals surface area contributed by atoms with Gasteiger partial charge in [0.1, 0.15) is 4.90 Å². The van der Waals surface area contributed by atoms with Gasteiger partial charge in [0.05, 0.1) is 5.69 Å². The van der Waals surface area contributed by atoms with E-state index in [2.05, 4.69) is 17.3 Å². The lowest BCUT2D eigenvalue weighted by atomic mass is 10.1. The Hall–Kier alpha value is -1.31. The van der Waals surface area contributed by atoms with E-state index in [4.69, 9.17) is 10.9 Å². The Balaban J connectivity index is 2.08. The van der Waals surface area contributed by atoms with Crippen LogP contribution in [0.25, 0.3) is 0 Å². The minimum absolute atomic E-state index is 0.0265. The van der Waals surface area contributed by atoms with Crippen LogP contribution in [0.4, 0.5) is 11.4 Å². The first kappa shape index (κ1) is 14.1. The molecule has 0 radical (unpaired) electrons. The van der Waals surface area contributed by atoms with Crippen LogP contribution >= 0.6 is 0 Å². The highest BCUT2D eigenvalue weighted by molar-refractivity contribution is 7.89. The summed E-state index contributed by atoms with van der Waals surface area (Å²) in [6.07, 6.45) is 2.13. The molecule has 5 N–H and O–H groups in total. The van der Waals surface area contributed by atoms with E-state index in [1.165, 1.54) is 6.07 Å². The van der Waals surface area contributed by atoms with E-state index in [1.807, 2.05) is 0 Å². The highest BCUT2D eigenvalue weighted by Crippen LogP contribution is 2.23. The van der Waals surface area contributed by atoms with Gasteiger partial charge in [-0.2, -0.15) is 0 Å². The maximum absolute atomic E-state index is 11.3. The first-order chi connectivity index (χ1) is 8.86. The van der Waals surface area contributed by atoms with Crippen molar-refractivity contribution in [3.8, 4) is 0 Å². The van der Waals surface area contributed by atoms with Gasteiger partial charge in [-0.1, -0.05) is 0 Å². The number of hydrogen-bond donors (Lipinski definition) is 3. The summed E-state index contributed by atoms with van der Waals surface area (Å²) in [4.78, 5) is 2.26. The third-order valence-electron chi connectivity index (χ3n) is 3.41. The summed E-state index contributed by atoms with van der Waals surface area (Å²) < 4.78 is 22.5. The molecule has 6 nitrogen and oxygen atoms in total. The summed E-state index contributed by atoms with van der Waals surface area (Å²) in [5.41, 5.74) is 6.74. The van der Waals surface area contributed by atoms with Gasteiger partial charge in [0.15, 0.2) is 0 Å². The Kier molecular flexibility index (Phi) is 3.98. The summed E-state index contributed by atoms with van der Waals surface area (Å²) in [6, 6.07) is 5.17. The zero-order valence-corrected chi connectivity index (χ0v) is 11.8. The van der Waals surface area contributed by atoms with Gasteiger partial charge in [0.25, 0.3) is 0 Å². The molecule has 19 heavy (non-hydrogen) atoms. The third kappa shape index (κ3) is 3.59. The van der Waals surface area contributed by atoms with Crippen LogP contribution in [0.15, 0.2) is 23.1 Å². The summed E-state index contributed by atoms with van der Waals surface area (Å²) in [6.45, 7) is 2.12. The maximum atomic E-state index is 11.3. The lowest BCUT2D eigenvalue weighted by molar-refractivity contribution is 0.264. The molecule has 0 amide bonds. The SMILES string of the molecule is CN1CCC(Nc2ccc(S(N)(=O)=O)c(N)c2)CC1. The molecular formula is C12H20N4O2S. The molecule has 0 aromatic heterocycles. The van der Waals surface area contributed by atoms with Crippen LogP contribution in [-0.2, 0) is 10.0 Å². The Morgan fingerprint density at radius 3 is 2.47 bits per heavy atom. The topological polar surface area (TPSA) is 101 Å². The number of primary sulfonamides is 1. The van der Waals surface area contributed by atoms with Gasteiger partial charge < -0.3 is 16.0 Å². The van der Waals surface area contributed by atoms with Gasteiger partial charge in [-0.25, -0.2) is 13.6 Å². The summed E-state index contributed by atoms with van der Waals surface area (Å²) in [5.74, 6) is 0. The summed E-state index contributed by atoms with van der Waals surface area (Å²) in [7, 11) is -1.64. The van der Waals surface area contributed by atoms with E-state index in [1.54, 1.807) is 12.1 Å². The number of nitrogens with two attached hydrogens (primary N) is 2. The molecule has 1 aromatic carbocycles. The number of anilines is 2. The molecule has 1 heterocycles. The summed E-state index contributed by atoms with van der Waals surface area (Å²) in [5, 5.41) is 8.45. The number of hydrogen-bond acceptors (Lipinski definition) is 5. The van der Waals surface area contributed by atoms with Gasteiger partial charge in [-0.3, -0.25) is 0 Å². The fraction of sp³-hybridized carbons (Fsp3) is 0.500. The number of nitrogens with one attached hydrogen (secondary N) is 1. The van der Waals surface area contributed by atoms with Crippen molar-refractivity contribution in [2.75, 3.05) is 31.2 Å². The summed E-state index contributed by atoms with van der Waals surface area (Å²) >= 11 is 0. The molecule has 1 aliphatic heterocycles. The molecule has 0 bridgehead atoms. The molecule has 1 saturated heterocycles. The Labute approximate surface area is 113 Å². The molecule has 0 aliphatic carbocycles. The number of likely N-dealkylation sites (tertiary alicyclic amines) is 1. The first-order valence-electron chi connectivity index (χ1n) is 6.23. The average molecular weight is 284 g/mol. The van der Waals surface area contributed by atoms with Crippen molar-refractivity contribution in [2.24, 2.45) is 5.14 Å². The molecule has 106 valence electrons. The van der Waals surface area contributed by atoms with Crippen molar-refractivity contribution in [3.63, 3.8) is 0 Å². The number of benzene rings is 1. The second kappa shape index (κ2) is 5.36. The van der Waals surface area contributed by atoms with Crippen molar-refractivity contribution in [1.82, 2.24) is 4.90 Å². The predicted octanol–water partition coefficient (Wildman–Crippen LogP) is 0.422. The molecule has 1 aliphatic rings. The normalized spacial score (nSPS) is 18.4. The molecule has 1 fully saturated rings. The van der Waals surface area contributed by atoms with Gasteiger partial charge in [0, 0.05) is 11.7 Å². The maximum Gasteiger partial charge on any atom is 0.240 e. The zero-order valence-electron chi connectivity index (χ0n) is 11.0. The molecule has 0 unspecified atom stereocenters. The van der Waals surface area contributed by atoms with Crippen molar-refractivity contribution < 1.29 is 8.42 Å². The van der Waals surface area contributed by atoms with E-state index in [0.717, 1.165) is 31.6 Å². The fourth-order valence-corrected chi connectivity index (χ4v) is 2.93. The number of rotatable bonds is 3. The van der Waals surface area contributed by atoms with E-state index < -0.39 is 10.0 Å². The quantitative estimate of drug-likeness (QED) is 0.698. The van der Waals surface area contributed by atoms with Crippen LogP contribution in [0.1, 0.15) is 12.8 Å². The smallest absolute Gasteiger partial charge is 0.240 e. The molecule has 0 atom stereocenters. The third-order valence-corrected chi connectivity index (χ3v) is 4.39. The van der Waals surface area contributed by atoms with Crippen LogP contribution < -0.4 is 16.2 Å². The van der Waals surface area contributed by atoms with Gasteiger partial charge in [0.2, 0.25) is 10.0 Å². The monoisotopic (exact) mass is 284 g/mol. The molecular weight excluding hydrogens is 264 g/mol. The molecule has 2 rings (SSSR count). The van der Waals surface area contributed by atoms with E-state index in [-0.39, 0.29) is 10.6 Å². The largest absolute Gasteiger partial charge is 0.398 e. The number of sulfonamides is 1. The first-order valence-corrected chi connectivity index (χ1v) is 7.78. The second-order valence-electron chi connectivity index (χ2n) is 5.02. The van der Waals surface area contributed by atoms with E-state index in [0.29, 0.717) is 6.04 Å². The predicted molar refractivity (Wildman–Crippen MR) is 76.4 cm³/mol. The highest BCUT2D eigenvalue weighted by atomic mass is 32.2. The van der Waals surface area contributed by atoms with Crippen LogP contribution in [0.2, 0.25) is 0 Å². The molecule has 0 spiro atoms. The minimum Gasteiger partial charge on any atom is -0.398 e. The number of nitrogen functional groups attached to an aromatic ring is 1. The fourth-order valence-electron chi connectivity index (χ4n) is 2.29. The highest BCUT2D eigenvalue weighted by Gasteiger charge is 2.17. The Morgan fingerprint density at radius 2 is 1.95 bits per heavy atom. The Morgan fingerprint density at radius 1 is 1.32 bits per heavy atom. The van der Waals surface area contributed by atoms with Gasteiger partial charge in [-0.15, -0.1) is 0 Å². The molecule has 0 saturated carbocycles. The minimum atomic E-state index is -3.75. The molecule has 1 aromatic rings. The van der Waals surface area contributed by atoms with Crippen LogP contribution in [0.3, 0.4) is 0 Å². The van der Waals surface area contributed by atoms with Crippen molar-refractivity contribution >= 4 is 21.4 Å². The van der Waals surface area contributed by atoms with Crippen molar-refractivity contribution in [3.05, 3.63) is 18.2 Å². The lowest BCUT2D eigenvalue weighted by Crippen LogP contribution is -2.36. The number of nitrogens with zero attached hydrogens (tertiary/aromatic N) is 1. The van der Waals surface area contributed by atoms with Crippen LogP contribution in [-0.4, -0.2) is 39.5 Å². The van der Waals surface area contributed by atoms with Crippen LogP contribution in [0.5, 0.6) is 0 Å². The zero-order chi connectivity index (χ0) is 14.0. The van der Waals surface area contributed by atoms with Crippen molar-refractivity contribution in [1.29, 1.82) is 0 Å². The van der Waals surface area contributed by atoms with Crippen LogP contribution in [0, 0.1) is 0 Å². The Bertz CT molecular complexity index is 551. The van der Waals surface area contributed by atoms with Gasteiger partial charge >= 0.3 is 0 Å². The van der Waals surface area contributed by atoms with E-state index >= 15 is 0 Å². The van der Waals surface area contributed by atoms with Gasteiger partial charge in [-0.05, 0) is 51.2 Å².